The third-order valence-electron chi connectivity index (χ3n) is 5.83. The first-order chi connectivity index (χ1) is 15.7. The molecular weight excluding hydrogens is 412 g/mol. The molecule has 0 aliphatic carbocycles. The number of para-hydroxylation sites is 2. The maximum Gasteiger partial charge on any atom is 0.230 e. The van der Waals surface area contributed by atoms with Crippen LogP contribution in [0, 0.1) is 13.8 Å². The minimum atomic E-state index is 0.587. The summed E-state index contributed by atoms with van der Waals surface area (Å²) in [6.45, 7) is 4.16. The maximum absolute atomic E-state index is 6.47. The highest BCUT2D eigenvalue weighted by molar-refractivity contribution is 7.21. The largest absolute Gasteiger partial charge is 0.438 e. The molecule has 0 unspecified atom stereocenters. The highest BCUT2D eigenvalue weighted by atomic mass is 32.1. The molecule has 0 aliphatic rings. The van der Waals surface area contributed by atoms with Crippen molar-refractivity contribution in [1.29, 1.82) is 0 Å². The number of benzene rings is 4. The molecule has 3 nitrogen and oxygen atoms in total. The Morgan fingerprint density at radius 2 is 1.56 bits per heavy atom. The van der Waals surface area contributed by atoms with Crippen LogP contribution in [0.5, 0.6) is 0 Å². The second kappa shape index (κ2) is 7.43. The van der Waals surface area contributed by atoms with Crippen molar-refractivity contribution >= 4 is 49.0 Å². The molecule has 4 aromatic carbocycles. The van der Waals surface area contributed by atoms with Crippen molar-refractivity contribution in [2.45, 2.75) is 13.8 Å². The van der Waals surface area contributed by atoms with Gasteiger partial charge < -0.3 is 4.42 Å². The van der Waals surface area contributed by atoms with E-state index in [1.165, 1.54) is 5.39 Å². The number of aromatic nitrogens is 1. The van der Waals surface area contributed by atoms with Crippen LogP contribution in [-0.4, -0.2) is 4.98 Å². The zero-order chi connectivity index (χ0) is 21.7. The van der Waals surface area contributed by atoms with Gasteiger partial charge >= 0.3 is 0 Å². The van der Waals surface area contributed by atoms with E-state index in [-0.39, 0.29) is 0 Å². The highest BCUT2D eigenvalue weighted by Gasteiger charge is 2.14. The second-order valence-corrected chi connectivity index (χ2v) is 9.03. The van der Waals surface area contributed by atoms with Crippen molar-refractivity contribution in [3.05, 3.63) is 102 Å². The van der Waals surface area contributed by atoms with Crippen LogP contribution in [0.3, 0.4) is 0 Å². The zero-order valence-electron chi connectivity index (χ0n) is 17.8. The summed E-state index contributed by atoms with van der Waals surface area (Å²) in [6, 6.07) is 29.1. The quantitative estimate of drug-likeness (QED) is 0.263. The average Bonchev–Trinajstić information content (AvgIpc) is 3.25. The van der Waals surface area contributed by atoms with E-state index < -0.39 is 0 Å². The van der Waals surface area contributed by atoms with Gasteiger partial charge in [0.25, 0.3) is 0 Å². The van der Waals surface area contributed by atoms with Crippen LogP contribution in [-0.2, 0) is 0 Å². The molecule has 0 amide bonds. The van der Waals surface area contributed by atoms with Gasteiger partial charge in [-0.15, -0.1) is 11.3 Å². The molecule has 0 atom stereocenters. The minimum absolute atomic E-state index is 0.587. The van der Waals surface area contributed by atoms with Gasteiger partial charge in [0.05, 0.1) is 21.5 Å². The van der Waals surface area contributed by atoms with Crippen LogP contribution >= 0.6 is 11.3 Å². The summed E-state index contributed by atoms with van der Waals surface area (Å²) in [5, 5.41) is 4.33. The molecule has 0 radical (unpaired) electrons. The van der Waals surface area contributed by atoms with Gasteiger partial charge in [-0.3, -0.25) is 0 Å². The zero-order valence-corrected chi connectivity index (χ0v) is 18.6. The molecule has 6 rings (SSSR count). The predicted octanol–water partition coefficient (Wildman–Crippen LogP) is 7.71. The van der Waals surface area contributed by atoms with Crippen molar-refractivity contribution in [2.75, 3.05) is 0 Å². The molecule has 2 aromatic heterocycles. The monoisotopic (exact) mass is 432 g/mol. The molecule has 4 heteroatoms. The predicted molar refractivity (Wildman–Crippen MR) is 133 cm³/mol. The number of fused-ring (bicyclic) bond motifs is 4. The number of aryl methyl sites for hydroxylation is 2. The van der Waals surface area contributed by atoms with Crippen LogP contribution in [0.15, 0.2) is 94.3 Å². The fourth-order valence-corrected chi connectivity index (χ4v) is 5.16. The summed E-state index contributed by atoms with van der Waals surface area (Å²) in [4.78, 5) is 9.93. The van der Waals surface area contributed by atoms with Crippen LogP contribution in [0.2, 0.25) is 0 Å². The van der Waals surface area contributed by atoms with Crippen molar-refractivity contribution in [3.63, 3.8) is 0 Å². The maximum atomic E-state index is 6.47. The van der Waals surface area contributed by atoms with Gasteiger partial charge in [-0.1, -0.05) is 60.7 Å². The SMILES string of the molecule is Cc1cccc(C)c1N=c1oc2ccc3ccccc3c2cc1-c1nc2ccccc2s1. The number of rotatable bonds is 2. The number of hydrogen-bond acceptors (Lipinski definition) is 4. The highest BCUT2D eigenvalue weighted by Crippen LogP contribution is 2.33. The Morgan fingerprint density at radius 3 is 2.41 bits per heavy atom. The van der Waals surface area contributed by atoms with E-state index in [0.717, 1.165) is 54.0 Å². The summed E-state index contributed by atoms with van der Waals surface area (Å²) in [5.74, 6) is 0. The first-order valence-corrected chi connectivity index (χ1v) is 11.4. The normalized spacial score (nSPS) is 12.2. The lowest BCUT2D eigenvalue weighted by Crippen LogP contribution is -2.06. The molecule has 32 heavy (non-hydrogen) atoms. The lowest BCUT2D eigenvalue weighted by Gasteiger charge is -2.08. The summed E-state index contributed by atoms with van der Waals surface area (Å²) in [6.07, 6.45) is 0. The van der Waals surface area contributed by atoms with Crippen LogP contribution in [0.4, 0.5) is 5.69 Å². The first kappa shape index (κ1) is 19.0. The third kappa shape index (κ3) is 3.12. The Morgan fingerprint density at radius 1 is 0.781 bits per heavy atom. The summed E-state index contributed by atoms with van der Waals surface area (Å²) < 4.78 is 7.62. The van der Waals surface area contributed by atoms with Gasteiger partial charge in [0.2, 0.25) is 5.55 Å². The van der Waals surface area contributed by atoms with Gasteiger partial charge in [0.1, 0.15) is 10.6 Å². The Labute approximate surface area is 189 Å². The molecule has 0 fully saturated rings. The Bertz CT molecular complexity index is 1660. The van der Waals surface area contributed by atoms with Crippen molar-refractivity contribution in [3.8, 4) is 10.6 Å². The molecule has 0 N–H and O–H groups in total. The lowest BCUT2D eigenvalue weighted by molar-refractivity contribution is 0.547. The van der Waals surface area contributed by atoms with Crippen molar-refractivity contribution in [1.82, 2.24) is 4.98 Å². The molecule has 0 aliphatic heterocycles. The standard InChI is InChI=1S/C28H20N2OS/c1-17-8-7-9-18(2)26(17)30-27-22(28-29-23-12-5-6-13-25(23)32-28)16-21-20-11-4-3-10-19(20)14-15-24(21)31-27/h3-16H,1-2H3. The van der Waals surface area contributed by atoms with E-state index in [1.807, 2.05) is 24.3 Å². The van der Waals surface area contributed by atoms with Gasteiger partial charge in [-0.25, -0.2) is 9.98 Å². The molecule has 0 saturated carbocycles. The molecule has 6 aromatic rings. The van der Waals surface area contributed by atoms with Crippen molar-refractivity contribution < 1.29 is 4.42 Å². The van der Waals surface area contributed by atoms with E-state index in [0.29, 0.717) is 5.55 Å². The van der Waals surface area contributed by atoms with E-state index >= 15 is 0 Å². The van der Waals surface area contributed by atoms with Gasteiger partial charge in [0, 0.05) is 5.39 Å². The lowest BCUT2D eigenvalue weighted by atomic mass is 10.0. The smallest absolute Gasteiger partial charge is 0.230 e. The Hall–Kier alpha value is -3.76. The fraction of sp³-hybridized carbons (Fsp3) is 0.0714. The van der Waals surface area contributed by atoms with E-state index in [4.69, 9.17) is 14.4 Å². The van der Waals surface area contributed by atoms with Gasteiger partial charge in [-0.2, -0.15) is 0 Å². The first-order valence-electron chi connectivity index (χ1n) is 10.6. The van der Waals surface area contributed by atoms with Gasteiger partial charge in [0.15, 0.2) is 0 Å². The minimum Gasteiger partial charge on any atom is -0.438 e. The average molecular weight is 433 g/mol. The van der Waals surface area contributed by atoms with Crippen LogP contribution in [0.25, 0.3) is 42.5 Å². The van der Waals surface area contributed by atoms with Gasteiger partial charge in [-0.05, 0) is 60.0 Å². The van der Waals surface area contributed by atoms with Crippen molar-refractivity contribution in [2.24, 2.45) is 4.99 Å². The molecule has 0 saturated heterocycles. The Kier molecular flexibility index (Phi) is 4.40. The van der Waals surface area contributed by atoms with Crippen LogP contribution in [0.1, 0.15) is 11.1 Å². The molecule has 0 bridgehead atoms. The van der Waals surface area contributed by atoms with E-state index in [1.54, 1.807) is 11.3 Å². The molecule has 154 valence electrons. The fourth-order valence-electron chi connectivity index (χ4n) is 4.19. The number of thiazole rings is 1. The number of nitrogens with zero attached hydrogens (tertiary/aromatic N) is 2. The topological polar surface area (TPSA) is 38.4 Å². The summed E-state index contributed by atoms with van der Waals surface area (Å²) >= 11 is 1.67. The Balaban J connectivity index is 1.73. The summed E-state index contributed by atoms with van der Waals surface area (Å²) in [7, 11) is 0. The number of hydrogen-bond donors (Lipinski definition) is 0. The molecular formula is C28H20N2OS. The molecule has 2 heterocycles. The van der Waals surface area contributed by atoms with E-state index in [2.05, 4.69) is 74.5 Å². The van der Waals surface area contributed by atoms with Crippen LogP contribution < -0.4 is 5.55 Å². The molecule has 0 spiro atoms. The second-order valence-electron chi connectivity index (χ2n) is 8.00. The van der Waals surface area contributed by atoms with E-state index in [9.17, 15) is 0 Å². The third-order valence-corrected chi connectivity index (χ3v) is 6.90. The summed E-state index contributed by atoms with van der Waals surface area (Å²) in [5.41, 5.74) is 6.49.